The molecule has 32 heavy (non-hydrogen) atoms. The van der Waals surface area contributed by atoms with Gasteiger partial charge < -0.3 is 0 Å². The molecule has 0 bridgehead atoms. The summed E-state index contributed by atoms with van der Waals surface area (Å²) < 4.78 is 0. The maximum Gasteiger partial charge on any atom is 0.0340 e. The summed E-state index contributed by atoms with van der Waals surface area (Å²) in [5.41, 5.74) is 10.3. The minimum atomic E-state index is 0.0776. The van der Waals surface area contributed by atoms with Crippen LogP contribution in [0.5, 0.6) is 0 Å². The van der Waals surface area contributed by atoms with Gasteiger partial charge in [0.05, 0.1) is 0 Å². The van der Waals surface area contributed by atoms with E-state index in [-0.39, 0.29) is 10.8 Å². The summed E-state index contributed by atoms with van der Waals surface area (Å²) in [6, 6.07) is 23.8. The molecular weight excluding hydrogens is 384 g/mol. The number of fused-ring (bicyclic) bond motifs is 2. The third kappa shape index (κ3) is 4.15. The predicted octanol–water partition coefficient (Wildman–Crippen LogP) is 7.87. The molecule has 0 heteroatoms. The van der Waals surface area contributed by atoms with Gasteiger partial charge in [-0.05, 0) is 56.3 Å². The lowest BCUT2D eigenvalue weighted by Gasteiger charge is -2.17. The predicted molar refractivity (Wildman–Crippen MR) is 137 cm³/mol. The molecular formula is C32H30. The van der Waals surface area contributed by atoms with Gasteiger partial charge in [-0.25, -0.2) is 0 Å². The van der Waals surface area contributed by atoms with Gasteiger partial charge >= 0.3 is 0 Å². The molecule has 0 heterocycles. The molecule has 0 nitrogen and oxygen atoms in total. The Hall–Kier alpha value is -3.48. The molecule has 0 aromatic rings. The Morgan fingerprint density at radius 1 is 0.531 bits per heavy atom. The molecule has 0 aromatic carbocycles. The van der Waals surface area contributed by atoms with E-state index in [9.17, 15) is 0 Å². The first kappa shape index (κ1) is 21.7. The SMILES string of the molecule is C#Cc1cc(C#Cc2ccc3ccc(C(C)(C)C)ccc2-3)c2ccc(C(C)(C)C)ccc1-2. The minimum absolute atomic E-state index is 0.0776. The standard InChI is InChI=1S/C32H30/c1-8-22-21-25(30-20-17-27(32(5,6)7)16-19-29(22)30)12-11-23-9-10-24-13-14-26(31(2,3)4)15-18-28(23)24/h1,9-10,13-21H,2-7H3. The van der Waals surface area contributed by atoms with Gasteiger partial charge in [0.15, 0.2) is 0 Å². The second-order valence-electron chi connectivity index (χ2n) is 10.6. The van der Waals surface area contributed by atoms with Gasteiger partial charge in [0, 0.05) is 16.7 Å². The van der Waals surface area contributed by atoms with Crippen molar-refractivity contribution in [1.82, 2.24) is 0 Å². The highest BCUT2D eigenvalue weighted by atomic mass is 14.2. The van der Waals surface area contributed by atoms with Crippen molar-refractivity contribution in [2.75, 3.05) is 0 Å². The molecule has 0 aliphatic heterocycles. The first-order valence-electron chi connectivity index (χ1n) is 11.2. The van der Waals surface area contributed by atoms with Crippen LogP contribution < -0.4 is 0 Å². The van der Waals surface area contributed by atoms with Crippen LogP contribution in [0.4, 0.5) is 0 Å². The smallest absolute Gasteiger partial charge is 0.0340 e. The van der Waals surface area contributed by atoms with Crippen LogP contribution in [0.3, 0.4) is 0 Å². The van der Waals surface area contributed by atoms with Crippen LogP contribution >= 0.6 is 0 Å². The zero-order chi connectivity index (χ0) is 23.1. The molecule has 0 spiro atoms. The van der Waals surface area contributed by atoms with Crippen LogP contribution in [0, 0.1) is 24.2 Å². The topological polar surface area (TPSA) is 0 Å². The van der Waals surface area contributed by atoms with Gasteiger partial charge in [-0.15, -0.1) is 6.42 Å². The Labute approximate surface area is 193 Å². The van der Waals surface area contributed by atoms with Gasteiger partial charge in [-0.3, -0.25) is 0 Å². The molecule has 0 radical (unpaired) electrons. The lowest BCUT2D eigenvalue weighted by Crippen LogP contribution is -2.09. The maximum absolute atomic E-state index is 5.82. The van der Waals surface area contributed by atoms with Crippen LogP contribution in [0.2, 0.25) is 0 Å². The van der Waals surface area contributed by atoms with Gasteiger partial charge in [0.1, 0.15) is 0 Å². The van der Waals surface area contributed by atoms with Crippen molar-refractivity contribution in [3.63, 3.8) is 0 Å². The van der Waals surface area contributed by atoms with Gasteiger partial charge in [0.25, 0.3) is 0 Å². The summed E-state index contributed by atoms with van der Waals surface area (Å²) in [6.45, 7) is 13.4. The van der Waals surface area contributed by atoms with Crippen molar-refractivity contribution in [3.05, 3.63) is 94.5 Å². The second-order valence-corrected chi connectivity index (χ2v) is 10.6. The average molecular weight is 415 g/mol. The third-order valence-corrected chi connectivity index (χ3v) is 6.14. The summed E-state index contributed by atoms with van der Waals surface area (Å²) >= 11 is 0. The highest BCUT2D eigenvalue weighted by Crippen LogP contribution is 2.34. The zero-order valence-corrected chi connectivity index (χ0v) is 19.9. The molecule has 0 saturated heterocycles. The Morgan fingerprint density at radius 3 is 1.56 bits per heavy atom. The molecule has 0 unspecified atom stereocenters. The molecule has 0 N–H and O–H groups in total. The van der Waals surface area contributed by atoms with Crippen molar-refractivity contribution >= 4 is 0 Å². The fourth-order valence-corrected chi connectivity index (χ4v) is 4.07. The van der Waals surface area contributed by atoms with Gasteiger partial charge in [-0.1, -0.05) is 114 Å². The van der Waals surface area contributed by atoms with Gasteiger partial charge in [0.2, 0.25) is 0 Å². The van der Waals surface area contributed by atoms with E-state index in [4.69, 9.17) is 6.42 Å². The van der Waals surface area contributed by atoms with Crippen LogP contribution in [0.1, 0.15) is 69.4 Å². The highest BCUT2D eigenvalue weighted by Gasteiger charge is 2.17. The van der Waals surface area contributed by atoms with Crippen LogP contribution in [-0.4, -0.2) is 0 Å². The Bertz CT molecular complexity index is 1330. The normalized spacial score (nSPS) is 11.8. The van der Waals surface area contributed by atoms with Crippen molar-refractivity contribution in [2.45, 2.75) is 52.4 Å². The highest BCUT2D eigenvalue weighted by molar-refractivity contribution is 5.82. The van der Waals surface area contributed by atoms with Crippen molar-refractivity contribution < 1.29 is 0 Å². The van der Waals surface area contributed by atoms with E-state index >= 15 is 0 Å². The first-order valence-corrected chi connectivity index (χ1v) is 11.2. The van der Waals surface area contributed by atoms with E-state index in [1.165, 1.54) is 22.3 Å². The molecule has 4 rings (SSSR count). The quantitative estimate of drug-likeness (QED) is 0.257. The fourth-order valence-electron chi connectivity index (χ4n) is 4.07. The molecule has 158 valence electrons. The van der Waals surface area contributed by atoms with Crippen molar-refractivity contribution in [2.24, 2.45) is 0 Å². The van der Waals surface area contributed by atoms with Crippen molar-refractivity contribution in [3.8, 4) is 46.4 Å². The summed E-state index contributed by atoms with van der Waals surface area (Å²) in [6.07, 6.45) is 5.82. The molecule has 0 amide bonds. The number of terminal acetylenes is 1. The van der Waals surface area contributed by atoms with E-state index in [1.54, 1.807) is 0 Å². The summed E-state index contributed by atoms with van der Waals surface area (Å²) in [5, 5.41) is 0. The fraction of sp³-hybridized carbons (Fsp3) is 0.250. The third-order valence-electron chi connectivity index (χ3n) is 6.14. The lowest BCUT2D eigenvalue weighted by atomic mass is 9.88. The Morgan fingerprint density at radius 2 is 1.00 bits per heavy atom. The molecule has 0 saturated carbocycles. The second kappa shape index (κ2) is 7.89. The summed E-state index contributed by atoms with van der Waals surface area (Å²) in [4.78, 5) is 0. The van der Waals surface area contributed by atoms with Gasteiger partial charge in [-0.2, -0.15) is 0 Å². The largest absolute Gasteiger partial charge is 0.115 e. The minimum Gasteiger partial charge on any atom is -0.115 e. The zero-order valence-electron chi connectivity index (χ0n) is 19.9. The van der Waals surface area contributed by atoms with Crippen LogP contribution in [-0.2, 0) is 10.8 Å². The van der Waals surface area contributed by atoms with E-state index in [1.807, 2.05) is 6.07 Å². The Balaban J connectivity index is 1.80. The van der Waals surface area contributed by atoms with E-state index in [0.29, 0.717) is 0 Å². The summed E-state index contributed by atoms with van der Waals surface area (Å²) in [7, 11) is 0. The number of rotatable bonds is 0. The molecule has 4 aliphatic carbocycles. The van der Waals surface area contributed by atoms with E-state index in [0.717, 1.165) is 27.8 Å². The molecule has 4 aliphatic rings. The Kier molecular flexibility index (Phi) is 5.36. The molecule has 0 atom stereocenters. The van der Waals surface area contributed by atoms with Crippen LogP contribution in [0.15, 0.2) is 66.7 Å². The average Bonchev–Trinajstić information content (AvgIpc) is 3.04. The maximum atomic E-state index is 5.82. The van der Waals surface area contributed by atoms with Crippen LogP contribution in [0.25, 0.3) is 22.3 Å². The summed E-state index contributed by atoms with van der Waals surface area (Å²) in [5.74, 6) is 9.68. The first-order chi connectivity index (χ1) is 15.1. The molecule has 0 aromatic heterocycles. The van der Waals surface area contributed by atoms with E-state index < -0.39 is 0 Å². The van der Waals surface area contributed by atoms with Crippen molar-refractivity contribution in [1.29, 1.82) is 0 Å². The number of hydrogen-bond acceptors (Lipinski definition) is 0. The lowest BCUT2D eigenvalue weighted by molar-refractivity contribution is 0.590. The van der Waals surface area contributed by atoms with E-state index in [2.05, 4.69) is 120 Å². The number of hydrogen-bond donors (Lipinski definition) is 0. The molecule has 0 fully saturated rings. The monoisotopic (exact) mass is 414 g/mol.